The van der Waals surface area contributed by atoms with Crippen LogP contribution >= 0.6 is 11.8 Å². The van der Waals surface area contributed by atoms with Crippen molar-refractivity contribution in [3.05, 3.63) is 29.8 Å². The molecule has 1 rings (SSSR count). The molecule has 0 saturated carbocycles. The van der Waals surface area contributed by atoms with E-state index in [0.717, 1.165) is 11.8 Å². The van der Waals surface area contributed by atoms with Gasteiger partial charge < -0.3 is 10.6 Å². The molecule has 0 aliphatic rings. The Balaban J connectivity index is 2.87. The van der Waals surface area contributed by atoms with Crippen molar-refractivity contribution in [2.24, 2.45) is 0 Å². The highest BCUT2D eigenvalue weighted by atomic mass is 32.2. The number of hydrogen-bond acceptors (Lipinski definition) is 3. The molecule has 16 heavy (non-hydrogen) atoms. The summed E-state index contributed by atoms with van der Waals surface area (Å²) in [5, 5.41) is 5.06. The number of amides is 2. The second kappa shape index (κ2) is 6.17. The largest absolute Gasteiger partial charge is 0.355 e. The average molecular weight is 238 g/mol. The lowest BCUT2D eigenvalue weighted by Gasteiger charge is -2.07. The first-order valence-corrected chi connectivity index (χ1v) is 5.77. The second-order valence-corrected chi connectivity index (χ2v) is 4.01. The molecule has 0 aliphatic heterocycles. The SMILES string of the molecule is CCNC(=O)Sc1ccccc1C(=O)NC. The summed E-state index contributed by atoms with van der Waals surface area (Å²) in [6, 6.07) is 7.02. The van der Waals surface area contributed by atoms with Crippen LogP contribution in [0.5, 0.6) is 0 Å². The van der Waals surface area contributed by atoms with Crippen molar-refractivity contribution in [1.29, 1.82) is 0 Å². The van der Waals surface area contributed by atoms with Crippen LogP contribution in [0.15, 0.2) is 29.2 Å². The maximum absolute atomic E-state index is 11.5. The summed E-state index contributed by atoms with van der Waals surface area (Å²) in [4.78, 5) is 23.6. The molecule has 0 radical (unpaired) electrons. The van der Waals surface area contributed by atoms with Crippen LogP contribution in [0.1, 0.15) is 17.3 Å². The minimum Gasteiger partial charge on any atom is -0.355 e. The van der Waals surface area contributed by atoms with E-state index in [9.17, 15) is 9.59 Å². The first-order valence-electron chi connectivity index (χ1n) is 4.95. The molecule has 0 fully saturated rings. The number of benzene rings is 1. The molecular weight excluding hydrogens is 224 g/mol. The topological polar surface area (TPSA) is 58.2 Å². The summed E-state index contributed by atoms with van der Waals surface area (Å²) < 4.78 is 0. The van der Waals surface area contributed by atoms with Crippen molar-refractivity contribution in [3.63, 3.8) is 0 Å². The first kappa shape index (κ1) is 12.6. The predicted octanol–water partition coefficient (Wildman–Crippen LogP) is 1.87. The molecule has 0 bridgehead atoms. The smallest absolute Gasteiger partial charge is 0.283 e. The van der Waals surface area contributed by atoms with Gasteiger partial charge in [-0.1, -0.05) is 12.1 Å². The standard InChI is InChI=1S/C11H14N2O2S/c1-3-13-11(15)16-9-7-5-4-6-8(9)10(14)12-2/h4-7H,3H2,1-2H3,(H,12,14)(H,13,15). The normalized spacial score (nSPS) is 9.62. The highest BCUT2D eigenvalue weighted by molar-refractivity contribution is 8.13. The first-order chi connectivity index (χ1) is 7.69. The van der Waals surface area contributed by atoms with Gasteiger partial charge in [0.05, 0.1) is 5.56 Å². The van der Waals surface area contributed by atoms with Gasteiger partial charge in [0.1, 0.15) is 0 Å². The van der Waals surface area contributed by atoms with Gasteiger partial charge in [0.15, 0.2) is 0 Å². The van der Waals surface area contributed by atoms with E-state index < -0.39 is 0 Å². The van der Waals surface area contributed by atoms with Crippen LogP contribution in [0.2, 0.25) is 0 Å². The van der Waals surface area contributed by atoms with E-state index in [-0.39, 0.29) is 11.1 Å². The van der Waals surface area contributed by atoms with Crippen molar-refractivity contribution in [2.75, 3.05) is 13.6 Å². The molecule has 0 unspecified atom stereocenters. The van der Waals surface area contributed by atoms with Crippen molar-refractivity contribution in [1.82, 2.24) is 10.6 Å². The Morgan fingerprint density at radius 2 is 2.00 bits per heavy atom. The van der Waals surface area contributed by atoms with E-state index in [1.165, 1.54) is 0 Å². The quantitative estimate of drug-likeness (QED) is 0.790. The maximum atomic E-state index is 11.5. The van der Waals surface area contributed by atoms with Gasteiger partial charge in [0, 0.05) is 18.5 Å². The Kier molecular flexibility index (Phi) is 4.85. The van der Waals surface area contributed by atoms with Crippen LogP contribution < -0.4 is 10.6 Å². The van der Waals surface area contributed by atoms with Crippen molar-refractivity contribution in [3.8, 4) is 0 Å². The third-order valence-electron chi connectivity index (χ3n) is 1.88. The van der Waals surface area contributed by atoms with Crippen LogP contribution in [0, 0.1) is 0 Å². The molecule has 86 valence electrons. The number of carbonyl (C=O) groups is 2. The molecule has 5 heteroatoms. The van der Waals surface area contributed by atoms with Gasteiger partial charge in [-0.2, -0.15) is 0 Å². The second-order valence-electron chi connectivity index (χ2n) is 3.00. The summed E-state index contributed by atoms with van der Waals surface area (Å²) >= 11 is 1.03. The van der Waals surface area contributed by atoms with E-state index in [4.69, 9.17) is 0 Å². The lowest BCUT2D eigenvalue weighted by atomic mass is 10.2. The molecule has 0 spiro atoms. The number of nitrogens with one attached hydrogen (secondary N) is 2. The van der Waals surface area contributed by atoms with Gasteiger partial charge in [-0.15, -0.1) is 0 Å². The molecule has 1 aromatic rings. The minimum atomic E-state index is -0.188. The molecule has 0 aliphatic carbocycles. The fraction of sp³-hybridized carbons (Fsp3) is 0.273. The van der Waals surface area contributed by atoms with Crippen molar-refractivity contribution < 1.29 is 9.59 Å². The molecule has 0 saturated heterocycles. The highest BCUT2D eigenvalue weighted by Crippen LogP contribution is 2.22. The Hall–Kier alpha value is -1.49. The van der Waals surface area contributed by atoms with Crippen LogP contribution in [-0.2, 0) is 0 Å². The van der Waals surface area contributed by atoms with Crippen molar-refractivity contribution in [2.45, 2.75) is 11.8 Å². The Labute approximate surface area is 98.8 Å². The van der Waals surface area contributed by atoms with Crippen LogP contribution in [-0.4, -0.2) is 24.7 Å². The van der Waals surface area contributed by atoms with Gasteiger partial charge in [0.25, 0.3) is 11.1 Å². The predicted molar refractivity (Wildman–Crippen MR) is 64.8 cm³/mol. The van der Waals surface area contributed by atoms with E-state index in [1.807, 2.05) is 6.92 Å². The molecule has 2 N–H and O–H groups in total. The summed E-state index contributed by atoms with van der Waals surface area (Å²) in [6.45, 7) is 2.43. The zero-order chi connectivity index (χ0) is 12.0. The molecule has 0 atom stereocenters. The Morgan fingerprint density at radius 3 is 2.62 bits per heavy atom. The molecule has 4 nitrogen and oxygen atoms in total. The van der Waals surface area contributed by atoms with Crippen molar-refractivity contribution >= 4 is 22.9 Å². The zero-order valence-electron chi connectivity index (χ0n) is 9.24. The van der Waals surface area contributed by atoms with E-state index in [1.54, 1.807) is 31.3 Å². The van der Waals surface area contributed by atoms with E-state index in [0.29, 0.717) is 17.0 Å². The summed E-state index contributed by atoms with van der Waals surface area (Å²) in [5.74, 6) is -0.188. The number of hydrogen-bond donors (Lipinski definition) is 2. The Bertz CT molecular complexity index is 393. The van der Waals surface area contributed by atoms with Gasteiger partial charge in [-0.3, -0.25) is 9.59 Å². The molecule has 0 aromatic heterocycles. The maximum Gasteiger partial charge on any atom is 0.283 e. The van der Waals surface area contributed by atoms with Gasteiger partial charge >= 0.3 is 0 Å². The number of thioether (sulfide) groups is 1. The van der Waals surface area contributed by atoms with Gasteiger partial charge in [-0.25, -0.2) is 0 Å². The average Bonchev–Trinajstić information content (AvgIpc) is 2.29. The minimum absolute atomic E-state index is 0.154. The molecule has 0 heterocycles. The lowest BCUT2D eigenvalue weighted by Crippen LogP contribution is -2.20. The third kappa shape index (κ3) is 3.27. The van der Waals surface area contributed by atoms with Gasteiger partial charge in [0.2, 0.25) is 0 Å². The van der Waals surface area contributed by atoms with Crippen LogP contribution in [0.4, 0.5) is 4.79 Å². The highest BCUT2D eigenvalue weighted by Gasteiger charge is 2.12. The van der Waals surface area contributed by atoms with E-state index >= 15 is 0 Å². The summed E-state index contributed by atoms with van der Waals surface area (Å²) in [7, 11) is 1.57. The van der Waals surface area contributed by atoms with Crippen LogP contribution in [0.25, 0.3) is 0 Å². The lowest BCUT2D eigenvalue weighted by molar-refractivity contribution is 0.0960. The summed E-state index contributed by atoms with van der Waals surface area (Å²) in [6.07, 6.45) is 0. The number of rotatable bonds is 3. The molecule has 2 amide bonds. The fourth-order valence-corrected chi connectivity index (χ4v) is 1.99. The zero-order valence-corrected chi connectivity index (χ0v) is 10.1. The van der Waals surface area contributed by atoms with E-state index in [2.05, 4.69) is 10.6 Å². The van der Waals surface area contributed by atoms with Crippen LogP contribution in [0.3, 0.4) is 0 Å². The molecule has 1 aromatic carbocycles. The summed E-state index contributed by atoms with van der Waals surface area (Å²) in [5.41, 5.74) is 0.515. The fourth-order valence-electron chi connectivity index (χ4n) is 1.16. The third-order valence-corrected chi connectivity index (χ3v) is 2.79. The monoisotopic (exact) mass is 238 g/mol. The van der Waals surface area contributed by atoms with Gasteiger partial charge in [-0.05, 0) is 30.8 Å². The Morgan fingerprint density at radius 1 is 1.31 bits per heavy atom. The molecular formula is C11H14N2O2S. The number of carbonyl (C=O) groups excluding carboxylic acids is 2.